The van der Waals surface area contributed by atoms with Crippen molar-refractivity contribution in [2.45, 2.75) is 31.5 Å². The molecule has 7 heteroatoms. The Morgan fingerprint density at radius 3 is 2.14 bits per heavy atom. The number of hydrogen-bond acceptors (Lipinski definition) is 5. The molecule has 2 aromatic carbocycles. The number of aliphatic hydroxyl groups is 3. The maximum atomic E-state index is 9.54. The molecule has 0 bridgehead atoms. The number of alkyl halides is 1. The second kappa shape index (κ2) is 10.5. The highest BCUT2D eigenvalue weighted by Crippen LogP contribution is 2.36. The lowest BCUT2D eigenvalue weighted by molar-refractivity contribution is 0.0536. The number of benzene rings is 2. The second-order valence-corrected chi connectivity index (χ2v) is 8.22. The van der Waals surface area contributed by atoms with Gasteiger partial charge >= 0.3 is 0 Å². The van der Waals surface area contributed by atoms with Crippen molar-refractivity contribution >= 4 is 27.5 Å². The van der Waals surface area contributed by atoms with Gasteiger partial charge in [0.25, 0.3) is 0 Å². The van der Waals surface area contributed by atoms with E-state index in [9.17, 15) is 10.2 Å². The Hall–Kier alpha value is -1.31. The summed E-state index contributed by atoms with van der Waals surface area (Å²) in [5.41, 5.74) is 1.93. The molecule has 0 radical (unpaired) electrons. The molecule has 0 aliphatic heterocycles. The normalized spacial score (nSPS) is 13.8. The van der Waals surface area contributed by atoms with Crippen LogP contribution in [0.25, 0.3) is 0 Å². The van der Waals surface area contributed by atoms with E-state index in [0.29, 0.717) is 11.5 Å². The van der Waals surface area contributed by atoms with Crippen molar-refractivity contribution < 1.29 is 24.8 Å². The first kappa shape index (κ1) is 23.0. The minimum absolute atomic E-state index is 0.0477. The molecule has 0 amide bonds. The summed E-state index contributed by atoms with van der Waals surface area (Å²) in [5.74, 6) is 1.41. The fourth-order valence-corrected chi connectivity index (χ4v) is 3.20. The molecule has 2 aromatic rings. The standard InChI is InChI=1S/C21H26BrClO5/c1-21(2,14-3-6-18(7-4-14)27-13-17(26)11-24)15-5-8-20(19(22)9-15)28-12-16(25)10-23/h3-9,16-17,24-26H,10-13H2,1-2H3/t16-,17-/m1/s1. The zero-order valence-corrected chi connectivity index (χ0v) is 18.3. The highest BCUT2D eigenvalue weighted by Gasteiger charge is 2.24. The summed E-state index contributed by atoms with van der Waals surface area (Å²) in [6, 6.07) is 13.5. The highest BCUT2D eigenvalue weighted by atomic mass is 79.9. The largest absolute Gasteiger partial charge is 0.491 e. The summed E-state index contributed by atoms with van der Waals surface area (Å²) >= 11 is 9.12. The smallest absolute Gasteiger partial charge is 0.133 e. The zero-order valence-electron chi connectivity index (χ0n) is 15.9. The minimum atomic E-state index is -0.889. The van der Waals surface area contributed by atoms with Crippen LogP contribution in [0.5, 0.6) is 11.5 Å². The van der Waals surface area contributed by atoms with Gasteiger partial charge in [-0.15, -0.1) is 11.6 Å². The fourth-order valence-electron chi connectivity index (χ4n) is 2.62. The number of aliphatic hydroxyl groups excluding tert-OH is 3. The maximum absolute atomic E-state index is 9.54. The Labute approximate surface area is 179 Å². The monoisotopic (exact) mass is 472 g/mol. The summed E-state index contributed by atoms with van der Waals surface area (Å²) in [6.07, 6.45) is -1.59. The molecule has 0 aromatic heterocycles. The Morgan fingerprint density at radius 2 is 1.57 bits per heavy atom. The third kappa shape index (κ3) is 6.09. The summed E-state index contributed by atoms with van der Waals surface area (Å²) in [4.78, 5) is 0. The van der Waals surface area contributed by atoms with E-state index in [4.69, 9.17) is 26.2 Å². The summed E-state index contributed by atoms with van der Waals surface area (Å²) < 4.78 is 11.9. The average molecular weight is 474 g/mol. The molecule has 0 fully saturated rings. The molecular weight excluding hydrogens is 448 g/mol. The molecule has 0 unspecified atom stereocenters. The first-order valence-corrected chi connectivity index (χ1v) is 10.3. The van der Waals surface area contributed by atoms with E-state index in [1.165, 1.54) is 0 Å². The van der Waals surface area contributed by atoms with Crippen molar-refractivity contribution in [3.05, 3.63) is 58.1 Å². The predicted octanol–water partition coefficient (Wildman–Crippen LogP) is 3.49. The molecule has 28 heavy (non-hydrogen) atoms. The van der Waals surface area contributed by atoms with E-state index in [0.717, 1.165) is 15.6 Å². The summed E-state index contributed by atoms with van der Waals surface area (Å²) in [7, 11) is 0. The van der Waals surface area contributed by atoms with Crippen LogP contribution in [0, 0.1) is 0 Å². The average Bonchev–Trinajstić information content (AvgIpc) is 2.70. The van der Waals surface area contributed by atoms with Gasteiger partial charge < -0.3 is 24.8 Å². The molecule has 154 valence electrons. The molecule has 5 nitrogen and oxygen atoms in total. The Morgan fingerprint density at radius 1 is 0.964 bits per heavy atom. The van der Waals surface area contributed by atoms with Crippen LogP contribution in [0.3, 0.4) is 0 Å². The molecule has 0 saturated heterocycles. The molecule has 0 aliphatic rings. The second-order valence-electron chi connectivity index (χ2n) is 7.06. The number of halogens is 2. The third-order valence-corrected chi connectivity index (χ3v) is 5.47. The van der Waals surface area contributed by atoms with Gasteiger partial charge in [-0.25, -0.2) is 0 Å². The lowest BCUT2D eigenvalue weighted by Crippen LogP contribution is -2.21. The van der Waals surface area contributed by atoms with Crippen molar-refractivity contribution in [3.63, 3.8) is 0 Å². The van der Waals surface area contributed by atoms with E-state index in [2.05, 4.69) is 29.8 Å². The first-order valence-electron chi connectivity index (χ1n) is 8.97. The number of rotatable bonds is 10. The Balaban J connectivity index is 2.11. The minimum Gasteiger partial charge on any atom is -0.491 e. The van der Waals surface area contributed by atoms with Gasteiger partial charge in [-0.05, 0) is 51.3 Å². The van der Waals surface area contributed by atoms with Crippen molar-refractivity contribution in [2.24, 2.45) is 0 Å². The van der Waals surface area contributed by atoms with Crippen molar-refractivity contribution in [3.8, 4) is 11.5 Å². The molecule has 2 atom stereocenters. The van der Waals surface area contributed by atoms with Crippen LogP contribution in [0.15, 0.2) is 46.9 Å². The molecule has 2 rings (SSSR count). The number of hydrogen-bond donors (Lipinski definition) is 3. The molecule has 3 N–H and O–H groups in total. The van der Waals surface area contributed by atoms with Crippen LogP contribution in [-0.2, 0) is 5.41 Å². The Kier molecular flexibility index (Phi) is 8.58. The lowest BCUT2D eigenvalue weighted by Gasteiger charge is -2.27. The molecule has 0 aliphatic carbocycles. The van der Waals surface area contributed by atoms with Crippen LogP contribution in [0.4, 0.5) is 0 Å². The molecule has 0 saturated carbocycles. The van der Waals surface area contributed by atoms with E-state index in [1.807, 2.05) is 42.5 Å². The van der Waals surface area contributed by atoms with Crippen LogP contribution in [0.1, 0.15) is 25.0 Å². The van der Waals surface area contributed by atoms with Gasteiger partial charge in [0.15, 0.2) is 0 Å². The molecule has 0 spiro atoms. The first-order chi connectivity index (χ1) is 13.3. The predicted molar refractivity (Wildman–Crippen MR) is 114 cm³/mol. The van der Waals surface area contributed by atoms with Gasteiger partial charge in [-0.1, -0.05) is 32.0 Å². The van der Waals surface area contributed by atoms with Crippen LogP contribution < -0.4 is 9.47 Å². The van der Waals surface area contributed by atoms with Crippen molar-refractivity contribution in [1.82, 2.24) is 0 Å². The number of ether oxygens (including phenoxy) is 2. The van der Waals surface area contributed by atoms with E-state index in [1.54, 1.807) is 0 Å². The van der Waals surface area contributed by atoms with Crippen molar-refractivity contribution in [1.29, 1.82) is 0 Å². The van der Waals surface area contributed by atoms with Crippen LogP contribution >= 0.6 is 27.5 Å². The highest BCUT2D eigenvalue weighted by molar-refractivity contribution is 9.10. The quantitative estimate of drug-likeness (QED) is 0.460. The zero-order chi connectivity index (χ0) is 20.7. The maximum Gasteiger partial charge on any atom is 0.133 e. The van der Waals surface area contributed by atoms with Crippen LogP contribution in [0.2, 0.25) is 0 Å². The van der Waals surface area contributed by atoms with E-state index >= 15 is 0 Å². The van der Waals surface area contributed by atoms with E-state index in [-0.39, 0.29) is 31.1 Å². The van der Waals surface area contributed by atoms with Crippen LogP contribution in [-0.4, -0.2) is 53.2 Å². The lowest BCUT2D eigenvalue weighted by atomic mass is 9.78. The summed E-state index contributed by atoms with van der Waals surface area (Å²) in [5, 5.41) is 27.8. The van der Waals surface area contributed by atoms with Gasteiger partial charge in [-0.2, -0.15) is 0 Å². The Bertz CT molecular complexity index is 751. The molecular formula is C21H26BrClO5. The van der Waals surface area contributed by atoms with E-state index < -0.39 is 12.2 Å². The third-order valence-electron chi connectivity index (χ3n) is 4.49. The van der Waals surface area contributed by atoms with Gasteiger partial charge in [0.2, 0.25) is 0 Å². The molecule has 0 heterocycles. The SMILES string of the molecule is CC(C)(c1ccc(OC[C@H](O)CO)cc1)c1ccc(OC[C@H](O)CCl)c(Br)c1. The summed E-state index contributed by atoms with van der Waals surface area (Å²) in [6.45, 7) is 4.10. The topological polar surface area (TPSA) is 79.2 Å². The van der Waals surface area contributed by atoms with Gasteiger partial charge in [0.1, 0.15) is 36.9 Å². The van der Waals surface area contributed by atoms with Gasteiger partial charge in [0, 0.05) is 5.41 Å². The van der Waals surface area contributed by atoms with Crippen molar-refractivity contribution in [2.75, 3.05) is 25.7 Å². The van der Waals surface area contributed by atoms with Gasteiger partial charge in [0.05, 0.1) is 17.0 Å². The van der Waals surface area contributed by atoms with Gasteiger partial charge in [-0.3, -0.25) is 0 Å². The fraction of sp³-hybridized carbons (Fsp3) is 0.429.